The normalized spacial score (nSPS) is 11.7. The van der Waals surface area contributed by atoms with E-state index in [-0.39, 0.29) is 0 Å². The smallest absolute Gasteiger partial charge is 0.207 e. The summed E-state index contributed by atoms with van der Waals surface area (Å²) in [5, 5.41) is 20.6. The zero-order valence-electron chi connectivity index (χ0n) is 29.7. The fourth-order valence-electron chi connectivity index (χ4n) is 6.67. The maximum Gasteiger partial charge on any atom is 0.207 e. The SMILES string of the molecule is Cc1cc(OCCC/C(=C\c2cn(C)c3ccc(-c4ncn[nH]4)cc23)c2ccc(Cl)c(-c3c(C)nn(C)c3C)c2NCCNC=O)cc(C)c1Cl. The first kappa shape index (κ1) is 35.8. The highest BCUT2D eigenvalue weighted by Gasteiger charge is 2.23. The summed E-state index contributed by atoms with van der Waals surface area (Å²) in [4.78, 5) is 15.5. The van der Waals surface area contributed by atoms with Gasteiger partial charge in [0.05, 0.1) is 23.0 Å². The van der Waals surface area contributed by atoms with Crippen LogP contribution in [0.5, 0.6) is 5.75 Å². The summed E-state index contributed by atoms with van der Waals surface area (Å²) >= 11 is 13.5. The number of H-pyrrole nitrogens is 1. The van der Waals surface area contributed by atoms with E-state index in [1.54, 1.807) is 0 Å². The lowest BCUT2D eigenvalue weighted by molar-refractivity contribution is -0.109. The summed E-state index contributed by atoms with van der Waals surface area (Å²) in [6.45, 7) is 9.48. The van der Waals surface area contributed by atoms with Gasteiger partial charge in [-0.05, 0) is 99.7 Å². The summed E-state index contributed by atoms with van der Waals surface area (Å²) in [6, 6.07) is 14.3. The Morgan fingerprint density at radius 1 is 1.00 bits per heavy atom. The van der Waals surface area contributed by atoms with E-state index in [9.17, 15) is 4.79 Å². The average molecular weight is 726 g/mol. The zero-order valence-corrected chi connectivity index (χ0v) is 31.2. The van der Waals surface area contributed by atoms with Crippen LogP contribution in [0.15, 0.2) is 55.0 Å². The topological polar surface area (TPSA) is 115 Å². The van der Waals surface area contributed by atoms with E-state index in [1.165, 1.54) is 6.33 Å². The van der Waals surface area contributed by atoms with E-state index in [2.05, 4.69) is 67.9 Å². The number of aromatic nitrogens is 6. The van der Waals surface area contributed by atoms with Gasteiger partial charge < -0.3 is 19.9 Å². The third kappa shape index (κ3) is 7.52. The van der Waals surface area contributed by atoms with Gasteiger partial charge in [-0.25, -0.2) is 4.98 Å². The zero-order chi connectivity index (χ0) is 36.2. The molecular formula is C39H42Cl2N8O2. The van der Waals surface area contributed by atoms with Gasteiger partial charge in [0, 0.05) is 82.8 Å². The van der Waals surface area contributed by atoms with Crippen LogP contribution in [0.2, 0.25) is 10.0 Å². The van der Waals surface area contributed by atoms with Gasteiger partial charge in [-0.3, -0.25) is 14.6 Å². The van der Waals surface area contributed by atoms with E-state index in [4.69, 9.17) is 33.0 Å². The Balaban J connectivity index is 1.47. The van der Waals surface area contributed by atoms with E-state index in [1.807, 2.05) is 63.7 Å². The number of amides is 1. The minimum absolute atomic E-state index is 0.445. The molecule has 0 spiro atoms. The number of aryl methyl sites for hydroxylation is 5. The molecule has 0 fully saturated rings. The van der Waals surface area contributed by atoms with Crippen molar-refractivity contribution < 1.29 is 9.53 Å². The first-order valence-corrected chi connectivity index (χ1v) is 17.6. The molecule has 0 aliphatic rings. The highest BCUT2D eigenvalue weighted by atomic mass is 35.5. The maximum absolute atomic E-state index is 11.1. The summed E-state index contributed by atoms with van der Waals surface area (Å²) < 4.78 is 10.3. The highest BCUT2D eigenvalue weighted by Crippen LogP contribution is 2.44. The molecule has 6 rings (SSSR count). The maximum atomic E-state index is 11.1. The molecule has 3 N–H and O–H groups in total. The highest BCUT2D eigenvalue weighted by molar-refractivity contribution is 6.34. The van der Waals surface area contributed by atoms with Gasteiger partial charge in [-0.1, -0.05) is 29.3 Å². The number of carbonyl (C=O) groups is 1. The summed E-state index contributed by atoms with van der Waals surface area (Å²) in [6.07, 6.45) is 8.08. The fraction of sp³-hybridized carbons (Fsp3) is 0.282. The molecule has 6 aromatic rings. The van der Waals surface area contributed by atoms with Crippen molar-refractivity contribution >= 4 is 57.9 Å². The summed E-state index contributed by atoms with van der Waals surface area (Å²) in [5.74, 6) is 1.51. The van der Waals surface area contributed by atoms with Crippen molar-refractivity contribution in [3.8, 4) is 28.3 Å². The van der Waals surface area contributed by atoms with Gasteiger partial charge in [0.1, 0.15) is 12.1 Å². The monoisotopic (exact) mass is 724 g/mol. The largest absolute Gasteiger partial charge is 0.494 e. The fourth-order valence-corrected chi connectivity index (χ4v) is 7.03. The average Bonchev–Trinajstić information content (AvgIpc) is 3.82. The molecule has 3 heterocycles. The summed E-state index contributed by atoms with van der Waals surface area (Å²) in [5.41, 5.74) is 11.8. The molecule has 12 heteroatoms. The lowest BCUT2D eigenvalue weighted by Crippen LogP contribution is -2.21. The van der Waals surface area contributed by atoms with Gasteiger partial charge in [0.2, 0.25) is 6.41 Å². The molecule has 3 aromatic carbocycles. The van der Waals surface area contributed by atoms with Crippen LogP contribution in [-0.2, 0) is 18.9 Å². The van der Waals surface area contributed by atoms with Gasteiger partial charge >= 0.3 is 0 Å². The molecule has 10 nitrogen and oxygen atoms in total. The van der Waals surface area contributed by atoms with Crippen molar-refractivity contribution in [2.75, 3.05) is 25.0 Å². The van der Waals surface area contributed by atoms with Crippen molar-refractivity contribution in [3.63, 3.8) is 0 Å². The van der Waals surface area contributed by atoms with Crippen LogP contribution in [0.4, 0.5) is 5.69 Å². The molecule has 0 saturated heterocycles. The first-order valence-electron chi connectivity index (χ1n) is 16.9. The number of nitrogens with one attached hydrogen (secondary N) is 3. The second-order valence-corrected chi connectivity index (χ2v) is 13.6. The molecule has 0 saturated carbocycles. The van der Waals surface area contributed by atoms with Gasteiger partial charge in [-0.15, -0.1) is 0 Å². The lowest BCUT2D eigenvalue weighted by Gasteiger charge is -2.21. The molecule has 3 aromatic heterocycles. The molecular weight excluding hydrogens is 683 g/mol. The first-order chi connectivity index (χ1) is 24.6. The molecule has 0 atom stereocenters. The number of halogens is 2. The van der Waals surface area contributed by atoms with Crippen LogP contribution in [0, 0.1) is 27.7 Å². The van der Waals surface area contributed by atoms with Crippen LogP contribution in [-0.4, -0.2) is 55.6 Å². The van der Waals surface area contributed by atoms with Crippen molar-refractivity contribution in [1.29, 1.82) is 0 Å². The van der Waals surface area contributed by atoms with Crippen molar-refractivity contribution in [3.05, 3.63) is 98.7 Å². The standard InChI is InChI=1S/C39H42Cl2N8O2/c1-23-16-30(17-24(2)37(23)41)51-15-7-8-27(18-29-20-48(5)34-12-9-28(19-32(29)34)39-44-21-45-46-39)31-10-11-33(40)36(38(31)43-14-13-42-22-50)35-25(3)47-49(6)26(35)4/h9-12,16-22,43H,7-8,13-15H2,1-6H3,(H,42,50)(H,44,45,46)/b27-18+. The molecule has 0 unspecified atom stereocenters. The van der Waals surface area contributed by atoms with E-state index >= 15 is 0 Å². The number of aromatic amines is 1. The van der Waals surface area contributed by atoms with Gasteiger partial charge in [0.25, 0.3) is 0 Å². The number of hydrogen-bond donors (Lipinski definition) is 3. The second kappa shape index (κ2) is 15.4. The molecule has 1 amide bonds. The molecule has 264 valence electrons. The van der Waals surface area contributed by atoms with Crippen LogP contribution < -0.4 is 15.4 Å². The Bertz CT molecular complexity index is 2210. The minimum Gasteiger partial charge on any atom is -0.494 e. The van der Waals surface area contributed by atoms with Crippen molar-refractivity contribution in [1.82, 2.24) is 34.8 Å². The number of hydrogen-bond acceptors (Lipinski definition) is 6. The minimum atomic E-state index is 0.445. The number of anilines is 1. The van der Waals surface area contributed by atoms with E-state index in [0.29, 0.717) is 43.4 Å². The molecule has 0 bridgehead atoms. The number of benzene rings is 3. The van der Waals surface area contributed by atoms with Gasteiger partial charge in [0.15, 0.2) is 5.82 Å². The number of carbonyl (C=O) groups excluding carboxylic acids is 1. The van der Waals surface area contributed by atoms with Gasteiger partial charge in [-0.2, -0.15) is 10.2 Å². The predicted octanol–water partition coefficient (Wildman–Crippen LogP) is 8.46. The second-order valence-electron chi connectivity index (χ2n) is 12.8. The van der Waals surface area contributed by atoms with E-state index < -0.39 is 0 Å². The van der Waals surface area contributed by atoms with E-state index in [0.717, 1.165) is 89.7 Å². The van der Waals surface area contributed by atoms with Crippen LogP contribution in [0.1, 0.15) is 46.5 Å². The molecule has 0 radical (unpaired) electrons. The predicted molar refractivity (Wildman–Crippen MR) is 208 cm³/mol. The van der Waals surface area contributed by atoms with Crippen LogP contribution >= 0.6 is 23.2 Å². The third-order valence-corrected chi connectivity index (χ3v) is 10.1. The lowest BCUT2D eigenvalue weighted by atomic mass is 9.91. The Morgan fingerprint density at radius 2 is 1.78 bits per heavy atom. The Kier molecular flexibility index (Phi) is 10.8. The number of ether oxygens (including phenoxy) is 1. The number of rotatable bonds is 14. The quantitative estimate of drug-likeness (QED) is 0.0767. The Hall–Kier alpha value is -5.06. The van der Waals surface area contributed by atoms with Crippen LogP contribution in [0.3, 0.4) is 0 Å². The number of fused-ring (bicyclic) bond motifs is 1. The Morgan fingerprint density at radius 3 is 2.47 bits per heavy atom. The van der Waals surface area contributed by atoms with Crippen LogP contribution in [0.25, 0.3) is 45.1 Å². The molecule has 0 aliphatic carbocycles. The van der Waals surface area contributed by atoms with Crippen molar-refractivity contribution in [2.45, 2.75) is 40.5 Å². The summed E-state index contributed by atoms with van der Waals surface area (Å²) in [7, 11) is 3.99. The third-order valence-electron chi connectivity index (χ3n) is 9.22. The Labute approximate surface area is 307 Å². The number of nitrogens with zero attached hydrogens (tertiary/aromatic N) is 5. The molecule has 51 heavy (non-hydrogen) atoms. The molecule has 0 aliphatic heterocycles. The number of allylic oxidation sites excluding steroid dienone is 1. The van der Waals surface area contributed by atoms with Crippen molar-refractivity contribution in [2.24, 2.45) is 14.1 Å².